The molecule has 0 aromatic heterocycles. The molecule has 0 heterocycles. The van der Waals surface area contributed by atoms with Crippen molar-refractivity contribution in [1.29, 1.82) is 0 Å². The molecule has 112 valence electrons. The maximum atomic E-state index is 12.3. The predicted molar refractivity (Wildman–Crippen MR) is 83.0 cm³/mol. The number of carbonyl (C=O) groups is 1. The summed E-state index contributed by atoms with van der Waals surface area (Å²) in [7, 11) is 3.43. The lowest BCUT2D eigenvalue weighted by Crippen LogP contribution is -2.30. The largest absolute Gasteiger partial charge is 0.497 e. The van der Waals surface area contributed by atoms with Crippen molar-refractivity contribution in [3.8, 4) is 5.75 Å². The van der Waals surface area contributed by atoms with Gasteiger partial charge in [0, 0.05) is 19.2 Å². The van der Waals surface area contributed by atoms with Gasteiger partial charge < -0.3 is 15.4 Å². The average molecular weight is 278 g/mol. The number of nitrogens with zero attached hydrogens (tertiary/aromatic N) is 1. The van der Waals surface area contributed by atoms with Crippen LogP contribution in [0.4, 0.5) is 5.69 Å². The second-order valence-corrected chi connectivity index (χ2v) is 5.59. The highest BCUT2D eigenvalue weighted by molar-refractivity contribution is 5.92. The Hall–Kier alpha value is -1.55. The Morgan fingerprint density at radius 3 is 2.35 bits per heavy atom. The predicted octanol–water partition coefficient (Wildman–Crippen LogP) is 2.67. The van der Waals surface area contributed by atoms with Gasteiger partial charge in [-0.25, -0.2) is 0 Å². The number of amides is 1. The molecule has 0 aliphatic heterocycles. The Morgan fingerprint density at radius 1 is 1.30 bits per heavy atom. The second-order valence-electron chi connectivity index (χ2n) is 5.59. The molecule has 0 saturated carbocycles. The zero-order valence-electron chi connectivity index (χ0n) is 12.9. The number of benzene rings is 1. The number of hydrogen-bond acceptors (Lipinski definition) is 3. The van der Waals surface area contributed by atoms with Crippen molar-refractivity contribution in [2.45, 2.75) is 26.7 Å². The number of ether oxygens (including phenoxy) is 1. The molecule has 1 atom stereocenters. The van der Waals surface area contributed by atoms with Crippen LogP contribution in [0.15, 0.2) is 24.3 Å². The van der Waals surface area contributed by atoms with Crippen LogP contribution in [0.1, 0.15) is 26.7 Å². The third-order valence-electron chi connectivity index (χ3n) is 3.44. The molecule has 20 heavy (non-hydrogen) atoms. The van der Waals surface area contributed by atoms with Gasteiger partial charge in [0.1, 0.15) is 5.75 Å². The lowest BCUT2D eigenvalue weighted by molar-refractivity contribution is -0.119. The molecule has 0 bridgehead atoms. The van der Waals surface area contributed by atoms with Crippen molar-refractivity contribution >= 4 is 11.6 Å². The van der Waals surface area contributed by atoms with Gasteiger partial charge in [-0.1, -0.05) is 13.8 Å². The first-order valence-corrected chi connectivity index (χ1v) is 7.08. The lowest BCUT2D eigenvalue weighted by Gasteiger charge is -2.22. The van der Waals surface area contributed by atoms with Crippen LogP contribution in [-0.4, -0.2) is 26.6 Å². The third-order valence-corrected chi connectivity index (χ3v) is 3.44. The molecule has 2 N–H and O–H groups in total. The summed E-state index contributed by atoms with van der Waals surface area (Å²) >= 11 is 0. The van der Waals surface area contributed by atoms with Crippen molar-refractivity contribution in [2.24, 2.45) is 17.6 Å². The van der Waals surface area contributed by atoms with Gasteiger partial charge in [-0.05, 0) is 49.1 Å². The fourth-order valence-electron chi connectivity index (χ4n) is 2.26. The number of rotatable bonds is 7. The van der Waals surface area contributed by atoms with E-state index >= 15 is 0 Å². The molecule has 1 rings (SSSR count). The Balaban J connectivity index is 2.65. The van der Waals surface area contributed by atoms with E-state index in [1.54, 1.807) is 19.1 Å². The SMILES string of the molecule is COc1ccc(N(C)C(=O)C[C@@H](CN)CC(C)C)cc1. The highest BCUT2D eigenvalue weighted by Crippen LogP contribution is 2.21. The number of hydrogen-bond donors (Lipinski definition) is 1. The van der Waals surface area contributed by atoms with E-state index in [0.717, 1.165) is 17.9 Å². The smallest absolute Gasteiger partial charge is 0.227 e. The third kappa shape index (κ3) is 4.85. The van der Waals surface area contributed by atoms with Gasteiger partial charge in [0.05, 0.1) is 7.11 Å². The molecule has 4 heteroatoms. The summed E-state index contributed by atoms with van der Waals surface area (Å²) in [5, 5.41) is 0. The van der Waals surface area contributed by atoms with Crippen LogP contribution in [-0.2, 0) is 4.79 Å². The van der Waals surface area contributed by atoms with Gasteiger partial charge in [0.15, 0.2) is 0 Å². The summed E-state index contributed by atoms with van der Waals surface area (Å²) in [4.78, 5) is 14.0. The fraction of sp³-hybridized carbons (Fsp3) is 0.562. The number of anilines is 1. The maximum Gasteiger partial charge on any atom is 0.227 e. The van der Waals surface area contributed by atoms with Crippen molar-refractivity contribution in [2.75, 3.05) is 25.6 Å². The Labute approximate surface area is 121 Å². The number of methoxy groups -OCH3 is 1. The van der Waals surface area contributed by atoms with E-state index < -0.39 is 0 Å². The van der Waals surface area contributed by atoms with Gasteiger partial charge in [0.25, 0.3) is 0 Å². The second kappa shape index (κ2) is 7.90. The van der Waals surface area contributed by atoms with Crippen molar-refractivity contribution < 1.29 is 9.53 Å². The van der Waals surface area contributed by atoms with Crippen LogP contribution in [0.2, 0.25) is 0 Å². The van der Waals surface area contributed by atoms with Crippen LogP contribution >= 0.6 is 0 Å². The molecule has 0 fully saturated rings. The van der Waals surface area contributed by atoms with Crippen LogP contribution < -0.4 is 15.4 Å². The summed E-state index contributed by atoms with van der Waals surface area (Å²) in [6.07, 6.45) is 1.48. The van der Waals surface area contributed by atoms with Crippen LogP contribution in [0.3, 0.4) is 0 Å². The molecule has 0 aliphatic rings. The first kappa shape index (κ1) is 16.5. The van der Waals surface area contributed by atoms with Gasteiger partial charge in [-0.2, -0.15) is 0 Å². The van der Waals surface area contributed by atoms with Crippen LogP contribution in [0, 0.1) is 11.8 Å². The first-order chi connectivity index (χ1) is 9.47. The number of carbonyl (C=O) groups excluding carboxylic acids is 1. The summed E-state index contributed by atoms with van der Waals surface area (Å²) in [6, 6.07) is 7.48. The normalized spacial score (nSPS) is 12.3. The molecule has 1 aromatic carbocycles. The Morgan fingerprint density at radius 2 is 1.90 bits per heavy atom. The standard InChI is InChI=1S/C16H26N2O2/c1-12(2)9-13(11-17)10-16(19)18(3)14-5-7-15(20-4)8-6-14/h5-8,12-13H,9-11,17H2,1-4H3/t13-/m0/s1. The minimum Gasteiger partial charge on any atom is -0.497 e. The fourth-order valence-corrected chi connectivity index (χ4v) is 2.26. The minimum atomic E-state index is 0.103. The van der Waals surface area contributed by atoms with Crippen molar-refractivity contribution in [1.82, 2.24) is 0 Å². The topological polar surface area (TPSA) is 55.6 Å². The molecule has 0 saturated heterocycles. The maximum absolute atomic E-state index is 12.3. The molecular weight excluding hydrogens is 252 g/mol. The van der Waals surface area contributed by atoms with E-state index in [1.807, 2.05) is 24.3 Å². The molecule has 1 amide bonds. The first-order valence-electron chi connectivity index (χ1n) is 7.08. The zero-order chi connectivity index (χ0) is 15.1. The van der Waals surface area contributed by atoms with E-state index in [0.29, 0.717) is 18.9 Å². The molecule has 0 aliphatic carbocycles. The molecule has 0 spiro atoms. The van der Waals surface area contributed by atoms with E-state index in [9.17, 15) is 4.79 Å². The van der Waals surface area contributed by atoms with Crippen molar-refractivity contribution in [3.05, 3.63) is 24.3 Å². The average Bonchev–Trinajstić information content (AvgIpc) is 2.45. The summed E-state index contributed by atoms with van der Waals surface area (Å²) in [5.74, 6) is 1.70. The van der Waals surface area contributed by atoms with E-state index in [-0.39, 0.29) is 11.8 Å². The van der Waals surface area contributed by atoms with Crippen LogP contribution in [0.25, 0.3) is 0 Å². The highest BCUT2D eigenvalue weighted by atomic mass is 16.5. The molecule has 1 aromatic rings. The summed E-state index contributed by atoms with van der Waals surface area (Å²) in [6.45, 7) is 4.86. The molecule has 4 nitrogen and oxygen atoms in total. The van der Waals surface area contributed by atoms with Gasteiger partial charge >= 0.3 is 0 Å². The van der Waals surface area contributed by atoms with Gasteiger partial charge in [-0.3, -0.25) is 4.79 Å². The van der Waals surface area contributed by atoms with E-state index in [2.05, 4.69) is 13.8 Å². The van der Waals surface area contributed by atoms with E-state index in [1.165, 1.54) is 0 Å². The van der Waals surface area contributed by atoms with Crippen molar-refractivity contribution in [3.63, 3.8) is 0 Å². The Bertz CT molecular complexity index is 415. The summed E-state index contributed by atoms with van der Waals surface area (Å²) < 4.78 is 5.12. The highest BCUT2D eigenvalue weighted by Gasteiger charge is 2.18. The zero-order valence-corrected chi connectivity index (χ0v) is 12.9. The Kier molecular flexibility index (Phi) is 6.52. The van der Waals surface area contributed by atoms with Gasteiger partial charge in [0.2, 0.25) is 5.91 Å². The quantitative estimate of drug-likeness (QED) is 0.834. The molecular formula is C16H26N2O2. The monoisotopic (exact) mass is 278 g/mol. The number of nitrogens with two attached hydrogens (primary N) is 1. The molecule has 0 radical (unpaired) electrons. The summed E-state index contributed by atoms with van der Waals surface area (Å²) in [5.41, 5.74) is 6.63. The van der Waals surface area contributed by atoms with Gasteiger partial charge in [-0.15, -0.1) is 0 Å². The van der Waals surface area contributed by atoms with Crippen LogP contribution in [0.5, 0.6) is 5.75 Å². The lowest BCUT2D eigenvalue weighted by atomic mass is 9.94. The van der Waals surface area contributed by atoms with E-state index in [4.69, 9.17) is 10.5 Å². The minimum absolute atomic E-state index is 0.103. The molecule has 0 unspecified atom stereocenters.